The Morgan fingerprint density at radius 3 is 2.85 bits per heavy atom. The minimum Gasteiger partial charge on any atom is -0.324 e. The molecule has 0 bridgehead atoms. The maximum Gasteiger partial charge on any atom is 0.321 e. The molecule has 1 N–H and O–H groups in total. The summed E-state index contributed by atoms with van der Waals surface area (Å²) in [5, 5.41) is 3.04. The molecule has 2 amide bonds. The quantitative estimate of drug-likeness (QED) is 0.753. The van der Waals surface area contributed by atoms with Crippen LogP contribution in [0.5, 0.6) is 0 Å². The number of imidazole rings is 1. The number of nitrogens with zero attached hydrogens (tertiary/aromatic N) is 4. The number of urea groups is 1. The van der Waals surface area contributed by atoms with E-state index >= 15 is 0 Å². The first kappa shape index (κ1) is 17.5. The van der Waals surface area contributed by atoms with Crippen LogP contribution >= 0.6 is 0 Å². The summed E-state index contributed by atoms with van der Waals surface area (Å²) in [6.45, 7) is 7.75. The zero-order valence-corrected chi connectivity index (χ0v) is 16.0. The average molecular weight is 363 g/mol. The number of nitrogens with one attached hydrogen (secondary N) is 1. The Kier molecular flexibility index (Phi) is 4.56. The van der Waals surface area contributed by atoms with Gasteiger partial charge in [0.25, 0.3) is 0 Å². The Balaban J connectivity index is 1.55. The third kappa shape index (κ3) is 3.27. The van der Waals surface area contributed by atoms with Gasteiger partial charge in [0.2, 0.25) is 0 Å². The Labute approximate surface area is 159 Å². The average Bonchev–Trinajstić information content (AvgIpc) is 3.28. The van der Waals surface area contributed by atoms with E-state index < -0.39 is 0 Å². The SMILES string of the molecule is Cc1ccccc1NC(=O)N1CCC(c2nc3ccncc3n2C(C)C)C1. The van der Waals surface area contributed by atoms with Crippen molar-refractivity contribution in [2.75, 3.05) is 18.4 Å². The first-order chi connectivity index (χ1) is 13.0. The Morgan fingerprint density at radius 1 is 1.26 bits per heavy atom. The normalized spacial score (nSPS) is 17.0. The van der Waals surface area contributed by atoms with Crippen molar-refractivity contribution in [1.82, 2.24) is 19.4 Å². The number of hydrogen-bond acceptors (Lipinski definition) is 3. The van der Waals surface area contributed by atoms with Crippen LogP contribution in [0.25, 0.3) is 11.0 Å². The largest absolute Gasteiger partial charge is 0.324 e. The van der Waals surface area contributed by atoms with E-state index in [1.165, 1.54) is 0 Å². The van der Waals surface area contributed by atoms with E-state index in [0.717, 1.165) is 41.1 Å². The summed E-state index contributed by atoms with van der Waals surface area (Å²) < 4.78 is 2.26. The summed E-state index contributed by atoms with van der Waals surface area (Å²) in [7, 11) is 0. The highest BCUT2D eigenvalue weighted by Crippen LogP contribution is 2.31. The first-order valence-corrected chi connectivity index (χ1v) is 9.48. The summed E-state index contributed by atoms with van der Waals surface area (Å²) in [4.78, 5) is 23.7. The van der Waals surface area contributed by atoms with Gasteiger partial charge in [-0.3, -0.25) is 4.98 Å². The van der Waals surface area contributed by atoms with Gasteiger partial charge in [0.15, 0.2) is 0 Å². The van der Waals surface area contributed by atoms with Crippen molar-refractivity contribution in [2.45, 2.75) is 39.2 Å². The standard InChI is InChI=1S/C21H25N5O/c1-14(2)26-19-12-22-10-8-18(19)23-20(26)16-9-11-25(13-16)21(27)24-17-7-5-4-6-15(17)3/h4-8,10,12,14,16H,9,11,13H2,1-3H3,(H,24,27). The lowest BCUT2D eigenvalue weighted by atomic mass is 10.1. The highest BCUT2D eigenvalue weighted by molar-refractivity contribution is 5.90. The second-order valence-electron chi connectivity index (χ2n) is 7.47. The summed E-state index contributed by atoms with van der Waals surface area (Å²) in [5.41, 5.74) is 3.96. The number of aryl methyl sites for hydroxylation is 1. The molecule has 3 aromatic rings. The lowest BCUT2D eigenvalue weighted by Gasteiger charge is -2.19. The highest BCUT2D eigenvalue weighted by atomic mass is 16.2. The molecule has 4 rings (SSSR count). The molecule has 2 aromatic heterocycles. The second-order valence-corrected chi connectivity index (χ2v) is 7.47. The number of rotatable bonds is 3. The van der Waals surface area contributed by atoms with Gasteiger partial charge in [-0.05, 0) is 44.9 Å². The summed E-state index contributed by atoms with van der Waals surface area (Å²) in [6.07, 6.45) is 4.58. The molecule has 0 aliphatic carbocycles. The molecule has 1 fully saturated rings. The van der Waals surface area contributed by atoms with Gasteiger partial charge in [-0.2, -0.15) is 0 Å². The van der Waals surface area contributed by atoms with E-state index in [1.54, 1.807) is 6.20 Å². The number of benzene rings is 1. The fourth-order valence-electron chi connectivity index (χ4n) is 3.85. The number of aromatic nitrogens is 3. The van der Waals surface area contributed by atoms with Crippen molar-refractivity contribution < 1.29 is 4.79 Å². The van der Waals surface area contributed by atoms with E-state index in [2.05, 4.69) is 28.7 Å². The third-order valence-electron chi connectivity index (χ3n) is 5.26. The minimum absolute atomic E-state index is 0.0410. The van der Waals surface area contributed by atoms with Gasteiger partial charge in [0.05, 0.1) is 17.2 Å². The molecule has 1 aromatic carbocycles. The van der Waals surface area contributed by atoms with Crippen molar-refractivity contribution in [2.24, 2.45) is 0 Å². The summed E-state index contributed by atoms with van der Waals surface area (Å²) >= 11 is 0. The topological polar surface area (TPSA) is 63.1 Å². The summed E-state index contributed by atoms with van der Waals surface area (Å²) in [5.74, 6) is 1.29. The number of amides is 2. The summed E-state index contributed by atoms with van der Waals surface area (Å²) in [6, 6.07) is 10.1. The first-order valence-electron chi connectivity index (χ1n) is 9.48. The lowest BCUT2D eigenvalue weighted by molar-refractivity contribution is 0.222. The van der Waals surface area contributed by atoms with E-state index in [0.29, 0.717) is 12.6 Å². The molecule has 1 aliphatic rings. The van der Waals surface area contributed by atoms with Crippen LogP contribution in [0, 0.1) is 6.92 Å². The van der Waals surface area contributed by atoms with E-state index in [4.69, 9.17) is 4.98 Å². The molecule has 0 spiro atoms. The number of anilines is 1. The predicted molar refractivity (Wildman–Crippen MR) is 107 cm³/mol. The van der Waals surface area contributed by atoms with Crippen molar-refractivity contribution in [3.05, 3.63) is 54.1 Å². The van der Waals surface area contributed by atoms with Gasteiger partial charge in [-0.25, -0.2) is 9.78 Å². The molecule has 1 unspecified atom stereocenters. The number of fused-ring (bicyclic) bond motifs is 1. The number of hydrogen-bond donors (Lipinski definition) is 1. The number of para-hydroxylation sites is 1. The Morgan fingerprint density at radius 2 is 2.07 bits per heavy atom. The van der Waals surface area contributed by atoms with Crippen LogP contribution in [0.3, 0.4) is 0 Å². The van der Waals surface area contributed by atoms with Crippen molar-refractivity contribution in [1.29, 1.82) is 0 Å². The van der Waals surface area contributed by atoms with Gasteiger partial charge in [0.1, 0.15) is 5.82 Å². The highest BCUT2D eigenvalue weighted by Gasteiger charge is 2.31. The van der Waals surface area contributed by atoms with Crippen LogP contribution in [0.4, 0.5) is 10.5 Å². The third-order valence-corrected chi connectivity index (χ3v) is 5.26. The monoisotopic (exact) mass is 363 g/mol. The maximum absolute atomic E-state index is 12.7. The second kappa shape index (κ2) is 7.02. The van der Waals surface area contributed by atoms with Gasteiger partial charge in [-0.15, -0.1) is 0 Å². The van der Waals surface area contributed by atoms with Crippen LogP contribution in [0.2, 0.25) is 0 Å². The lowest BCUT2D eigenvalue weighted by Crippen LogP contribution is -2.33. The van der Waals surface area contributed by atoms with Gasteiger partial charge in [-0.1, -0.05) is 18.2 Å². The maximum atomic E-state index is 12.7. The molecule has 6 nitrogen and oxygen atoms in total. The van der Waals surface area contributed by atoms with Crippen LogP contribution in [-0.4, -0.2) is 38.6 Å². The molecule has 1 aliphatic heterocycles. The molecule has 0 radical (unpaired) electrons. The number of carbonyl (C=O) groups is 1. The molecular formula is C21H25N5O. The minimum atomic E-state index is -0.0410. The van der Waals surface area contributed by atoms with E-state index in [1.807, 2.05) is 48.4 Å². The van der Waals surface area contributed by atoms with Gasteiger partial charge in [0, 0.05) is 36.9 Å². The number of carbonyl (C=O) groups excluding carboxylic acids is 1. The van der Waals surface area contributed by atoms with Crippen molar-refractivity contribution in [3.8, 4) is 0 Å². The van der Waals surface area contributed by atoms with Gasteiger partial charge < -0.3 is 14.8 Å². The Bertz CT molecular complexity index is 978. The Hall–Kier alpha value is -2.89. The van der Waals surface area contributed by atoms with E-state index in [9.17, 15) is 4.79 Å². The molecule has 1 saturated heterocycles. The smallest absolute Gasteiger partial charge is 0.321 e. The fourth-order valence-corrected chi connectivity index (χ4v) is 3.85. The molecule has 6 heteroatoms. The molecule has 140 valence electrons. The van der Waals surface area contributed by atoms with Crippen molar-refractivity contribution >= 4 is 22.8 Å². The predicted octanol–water partition coefficient (Wildman–Crippen LogP) is 4.34. The van der Waals surface area contributed by atoms with Crippen LogP contribution in [0.15, 0.2) is 42.7 Å². The molecule has 1 atom stereocenters. The fraction of sp³-hybridized carbons (Fsp3) is 0.381. The van der Waals surface area contributed by atoms with Crippen LogP contribution in [-0.2, 0) is 0 Å². The van der Waals surface area contributed by atoms with Crippen molar-refractivity contribution in [3.63, 3.8) is 0 Å². The van der Waals surface area contributed by atoms with Gasteiger partial charge >= 0.3 is 6.03 Å². The number of likely N-dealkylation sites (tertiary alicyclic amines) is 1. The number of pyridine rings is 1. The van der Waals surface area contributed by atoms with Crippen LogP contribution < -0.4 is 5.32 Å². The zero-order valence-electron chi connectivity index (χ0n) is 16.0. The van der Waals surface area contributed by atoms with Crippen LogP contribution in [0.1, 0.15) is 43.6 Å². The molecular weight excluding hydrogens is 338 g/mol. The zero-order chi connectivity index (χ0) is 19.0. The molecule has 0 saturated carbocycles. The molecule has 3 heterocycles. The molecule has 27 heavy (non-hydrogen) atoms. The van der Waals surface area contributed by atoms with E-state index in [-0.39, 0.29) is 11.9 Å².